The van der Waals surface area contributed by atoms with Crippen LogP contribution in [0.1, 0.15) is 30.6 Å². The molecule has 0 saturated heterocycles. The summed E-state index contributed by atoms with van der Waals surface area (Å²) >= 11 is 7.98. The van der Waals surface area contributed by atoms with Crippen molar-refractivity contribution in [1.29, 1.82) is 0 Å². The van der Waals surface area contributed by atoms with Crippen molar-refractivity contribution < 1.29 is 9.53 Å². The standard InChI is InChI=1S/C14H21ClN2O2S/c1-4-19-14(18)11-7-10(16)8-12(15)13(11)17-9(2)5-6-20-3/h7-9,17H,4-6,16H2,1-3H3. The Morgan fingerprint density at radius 1 is 1.55 bits per heavy atom. The van der Waals surface area contributed by atoms with E-state index in [9.17, 15) is 4.79 Å². The zero-order valence-corrected chi connectivity index (χ0v) is 13.6. The van der Waals surface area contributed by atoms with Crippen LogP contribution >= 0.6 is 23.4 Å². The van der Waals surface area contributed by atoms with Crippen LogP contribution in [0.2, 0.25) is 5.02 Å². The summed E-state index contributed by atoms with van der Waals surface area (Å²) in [6.07, 6.45) is 3.04. The maximum Gasteiger partial charge on any atom is 0.340 e. The van der Waals surface area contributed by atoms with Gasteiger partial charge < -0.3 is 15.8 Å². The average Bonchev–Trinajstić information content (AvgIpc) is 2.39. The summed E-state index contributed by atoms with van der Waals surface area (Å²) in [5.41, 5.74) is 7.17. The molecule has 1 unspecified atom stereocenters. The zero-order valence-electron chi connectivity index (χ0n) is 12.0. The van der Waals surface area contributed by atoms with Gasteiger partial charge in [0.25, 0.3) is 0 Å². The second kappa shape index (κ2) is 8.27. The monoisotopic (exact) mass is 316 g/mol. The Kier molecular flexibility index (Phi) is 7.02. The van der Waals surface area contributed by atoms with Gasteiger partial charge in [-0.25, -0.2) is 4.79 Å². The second-order valence-corrected chi connectivity index (χ2v) is 5.87. The summed E-state index contributed by atoms with van der Waals surface area (Å²) < 4.78 is 5.04. The minimum absolute atomic E-state index is 0.205. The van der Waals surface area contributed by atoms with E-state index in [2.05, 4.69) is 18.5 Å². The molecule has 0 amide bonds. The number of hydrogen-bond acceptors (Lipinski definition) is 5. The van der Waals surface area contributed by atoms with Crippen LogP contribution in [0, 0.1) is 0 Å². The van der Waals surface area contributed by atoms with E-state index in [0.717, 1.165) is 12.2 Å². The van der Waals surface area contributed by atoms with Crippen LogP contribution in [0.3, 0.4) is 0 Å². The summed E-state index contributed by atoms with van der Waals surface area (Å²) in [6, 6.07) is 3.43. The molecule has 3 N–H and O–H groups in total. The number of rotatable bonds is 7. The Balaban J connectivity index is 3.00. The van der Waals surface area contributed by atoms with Crippen molar-refractivity contribution in [2.45, 2.75) is 26.3 Å². The third-order valence-corrected chi connectivity index (χ3v) is 3.70. The topological polar surface area (TPSA) is 64.3 Å². The Labute approximate surface area is 129 Å². The Hall–Kier alpha value is -1.07. The first-order valence-electron chi connectivity index (χ1n) is 6.51. The van der Waals surface area contributed by atoms with Gasteiger partial charge in [-0.15, -0.1) is 0 Å². The van der Waals surface area contributed by atoms with Crippen molar-refractivity contribution in [3.05, 3.63) is 22.7 Å². The Morgan fingerprint density at radius 2 is 2.25 bits per heavy atom. The van der Waals surface area contributed by atoms with Crippen LogP contribution in [0.15, 0.2) is 12.1 Å². The maximum absolute atomic E-state index is 12.0. The molecular formula is C14H21ClN2O2S. The van der Waals surface area contributed by atoms with Gasteiger partial charge >= 0.3 is 5.97 Å². The number of carbonyl (C=O) groups is 1. The fourth-order valence-electron chi connectivity index (χ4n) is 1.76. The highest BCUT2D eigenvalue weighted by molar-refractivity contribution is 7.98. The molecule has 6 heteroatoms. The van der Waals surface area contributed by atoms with Gasteiger partial charge in [-0.05, 0) is 44.4 Å². The van der Waals surface area contributed by atoms with Crippen molar-refractivity contribution in [3.63, 3.8) is 0 Å². The molecule has 0 aliphatic rings. The van der Waals surface area contributed by atoms with Gasteiger partial charge in [0.15, 0.2) is 0 Å². The number of ether oxygens (including phenoxy) is 1. The largest absolute Gasteiger partial charge is 0.462 e. The molecular weight excluding hydrogens is 296 g/mol. The van der Waals surface area contributed by atoms with Gasteiger partial charge in [0.2, 0.25) is 0 Å². The average molecular weight is 317 g/mol. The molecule has 20 heavy (non-hydrogen) atoms. The van der Waals surface area contributed by atoms with Crippen LogP contribution < -0.4 is 11.1 Å². The van der Waals surface area contributed by atoms with E-state index < -0.39 is 5.97 Å². The Bertz CT molecular complexity index is 469. The molecule has 0 aliphatic carbocycles. The number of nitrogens with two attached hydrogens (primary N) is 1. The molecule has 1 aromatic rings. The molecule has 0 radical (unpaired) electrons. The minimum atomic E-state index is -0.415. The number of halogens is 1. The molecule has 1 rings (SSSR count). The summed E-state index contributed by atoms with van der Waals surface area (Å²) in [7, 11) is 0. The fraction of sp³-hybridized carbons (Fsp3) is 0.500. The van der Waals surface area contributed by atoms with Gasteiger partial charge in [0.1, 0.15) is 0 Å². The third-order valence-electron chi connectivity index (χ3n) is 2.75. The minimum Gasteiger partial charge on any atom is -0.462 e. The molecule has 0 aliphatic heterocycles. The molecule has 0 saturated carbocycles. The lowest BCUT2D eigenvalue weighted by Gasteiger charge is -2.19. The third kappa shape index (κ3) is 4.80. The predicted octanol–water partition coefficient (Wildman–Crippen LogP) is 3.65. The van der Waals surface area contributed by atoms with Crippen molar-refractivity contribution in [2.24, 2.45) is 0 Å². The SMILES string of the molecule is CCOC(=O)c1cc(N)cc(Cl)c1NC(C)CCSC. The highest BCUT2D eigenvalue weighted by Gasteiger charge is 2.18. The summed E-state index contributed by atoms with van der Waals surface area (Å²) in [5, 5.41) is 3.71. The van der Waals surface area contributed by atoms with Crippen LogP contribution in [0.4, 0.5) is 11.4 Å². The van der Waals surface area contributed by atoms with Crippen molar-refractivity contribution in [2.75, 3.05) is 29.7 Å². The van der Waals surface area contributed by atoms with Crippen LogP contribution in [0.25, 0.3) is 0 Å². The van der Waals surface area contributed by atoms with Gasteiger partial charge in [0.05, 0.1) is 22.9 Å². The zero-order chi connectivity index (χ0) is 15.1. The van der Waals surface area contributed by atoms with Crippen molar-refractivity contribution >= 4 is 40.7 Å². The molecule has 112 valence electrons. The number of esters is 1. The molecule has 1 atom stereocenters. The second-order valence-electron chi connectivity index (χ2n) is 4.47. The van der Waals surface area contributed by atoms with Crippen LogP contribution in [-0.2, 0) is 4.74 Å². The van der Waals surface area contributed by atoms with Crippen molar-refractivity contribution in [3.8, 4) is 0 Å². The lowest BCUT2D eigenvalue weighted by Crippen LogP contribution is -2.19. The molecule has 0 heterocycles. The van der Waals surface area contributed by atoms with E-state index in [1.54, 1.807) is 30.8 Å². The van der Waals surface area contributed by atoms with E-state index in [0.29, 0.717) is 28.6 Å². The lowest BCUT2D eigenvalue weighted by molar-refractivity contribution is 0.0527. The van der Waals surface area contributed by atoms with E-state index in [1.807, 2.05) is 0 Å². The van der Waals surface area contributed by atoms with E-state index in [1.165, 1.54) is 0 Å². The normalized spacial score (nSPS) is 12.0. The number of anilines is 2. The van der Waals surface area contributed by atoms with E-state index in [-0.39, 0.29) is 6.04 Å². The smallest absolute Gasteiger partial charge is 0.340 e. The fourth-order valence-corrected chi connectivity index (χ4v) is 2.63. The van der Waals surface area contributed by atoms with Crippen molar-refractivity contribution in [1.82, 2.24) is 0 Å². The van der Waals surface area contributed by atoms with Gasteiger partial charge in [-0.3, -0.25) is 0 Å². The summed E-state index contributed by atoms with van der Waals surface area (Å²) in [4.78, 5) is 12.0. The number of hydrogen-bond donors (Lipinski definition) is 2. The van der Waals surface area contributed by atoms with E-state index in [4.69, 9.17) is 22.1 Å². The number of nitrogens with one attached hydrogen (secondary N) is 1. The first kappa shape index (κ1) is 17.0. The first-order chi connectivity index (χ1) is 9.49. The Morgan fingerprint density at radius 3 is 2.85 bits per heavy atom. The van der Waals surface area contributed by atoms with Gasteiger partial charge in [-0.2, -0.15) is 11.8 Å². The summed E-state index contributed by atoms with van der Waals surface area (Å²) in [5.74, 6) is 0.622. The highest BCUT2D eigenvalue weighted by Crippen LogP contribution is 2.30. The summed E-state index contributed by atoms with van der Waals surface area (Å²) in [6.45, 7) is 4.13. The number of benzene rings is 1. The number of nitrogen functional groups attached to an aromatic ring is 1. The first-order valence-corrected chi connectivity index (χ1v) is 8.28. The van der Waals surface area contributed by atoms with Crippen LogP contribution in [0.5, 0.6) is 0 Å². The number of carbonyl (C=O) groups excluding carboxylic acids is 1. The lowest BCUT2D eigenvalue weighted by atomic mass is 10.1. The van der Waals surface area contributed by atoms with Gasteiger partial charge in [-0.1, -0.05) is 11.6 Å². The van der Waals surface area contributed by atoms with E-state index >= 15 is 0 Å². The molecule has 0 aromatic heterocycles. The molecule has 4 nitrogen and oxygen atoms in total. The van der Waals surface area contributed by atoms with Crippen LogP contribution in [-0.4, -0.2) is 30.6 Å². The highest BCUT2D eigenvalue weighted by atomic mass is 35.5. The quantitative estimate of drug-likeness (QED) is 0.594. The maximum atomic E-state index is 12.0. The van der Waals surface area contributed by atoms with Gasteiger partial charge in [0, 0.05) is 11.7 Å². The molecule has 0 bridgehead atoms. The predicted molar refractivity (Wildman–Crippen MR) is 87.9 cm³/mol. The molecule has 1 aromatic carbocycles. The molecule has 0 spiro atoms. The molecule has 0 fully saturated rings. The number of thioether (sulfide) groups is 1.